The highest BCUT2D eigenvalue weighted by atomic mass is 19.1. The molecule has 3 heterocycles. The molecule has 0 saturated carbocycles. The van der Waals surface area contributed by atoms with Gasteiger partial charge in [0.1, 0.15) is 17.6 Å². The highest BCUT2D eigenvalue weighted by molar-refractivity contribution is 5.96. The Balaban J connectivity index is 1.35. The molecule has 2 aliphatic rings. The number of furan rings is 1. The van der Waals surface area contributed by atoms with Crippen LogP contribution in [0.25, 0.3) is 0 Å². The molecule has 7 heteroatoms. The van der Waals surface area contributed by atoms with Crippen LogP contribution >= 0.6 is 0 Å². The van der Waals surface area contributed by atoms with Crippen molar-refractivity contribution in [2.24, 2.45) is 11.7 Å². The Morgan fingerprint density at radius 3 is 2.50 bits per heavy atom. The minimum atomic E-state index is -0.554. The monoisotopic (exact) mass is 489 g/mol. The quantitative estimate of drug-likeness (QED) is 0.552. The zero-order valence-corrected chi connectivity index (χ0v) is 20.5. The van der Waals surface area contributed by atoms with E-state index in [4.69, 9.17) is 10.2 Å². The van der Waals surface area contributed by atoms with Gasteiger partial charge in [-0.15, -0.1) is 0 Å². The topological polar surface area (TPSA) is 79.8 Å². The van der Waals surface area contributed by atoms with Crippen LogP contribution in [0.3, 0.4) is 0 Å². The van der Waals surface area contributed by atoms with Crippen molar-refractivity contribution in [1.82, 2.24) is 9.80 Å². The van der Waals surface area contributed by atoms with Gasteiger partial charge in [-0.05, 0) is 67.5 Å². The van der Waals surface area contributed by atoms with Crippen LogP contribution < -0.4 is 5.73 Å². The molecule has 4 atom stereocenters. The van der Waals surface area contributed by atoms with Crippen LogP contribution in [0.15, 0.2) is 71.1 Å². The molecule has 2 fully saturated rings. The number of hydrogen-bond donors (Lipinski definition) is 1. The maximum Gasteiger partial charge on any atom is 0.290 e. The predicted molar refractivity (Wildman–Crippen MR) is 135 cm³/mol. The lowest BCUT2D eigenvalue weighted by atomic mass is 9.96. The number of hydrogen-bond acceptors (Lipinski definition) is 4. The van der Waals surface area contributed by atoms with E-state index in [1.807, 2.05) is 23.1 Å². The molecule has 0 bridgehead atoms. The fraction of sp³-hybridized carbons (Fsp3) is 0.379. The summed E-state index contributed by atoms with van der Waals surface area (Å²) in [5, 5.41) is 0. The third-order valence-corrected chi connectivity index (χ3v) is 7.43. The van der Waals surface area contributed by atoms with Gasteiger partial charge in [-0.2, -0.15) is 0 Å². The number of nitrogens with two attached hydrogens (primary N) is 1. The number of benzene rings is 2. The fourth-order valence-corrected chi connectivity index (χ4v) is 5.51. The van der Waals surface area contributed by atoms with E-state index in [-0.39, 0.29) is 35.4 Å². The summed E-state index contributed by atoms with van der Waals surface area (Å²) in [7, 11) is 0. The zero-order chi connectivity index (χ0) is 25.2. The Hall–Kier alpha value is -3.45. The van der Waals surface area contributed by atoms with Gasteiger partial charge in [-0.1, -0.05) is 42.5 Å². The maximum atomic E-state index is 13.8. The summed E-state index contributed by atoms with van der Waals surface area (Å²) in [5.41, 5.74) is 8.14. The van der Waals surface area contributed by atoms with Crippen molar-refractivity contribution in [3.8, 4) is 0 Å². The first-order valence-corrected chi connectivity index (χ1v) is 12.6. The smallest absolute Gasteiger partial charge is 0.290 e. The van der Waals surface area contributed by atoms with Crippen LogP contribution in [0, 0.1) is 11.7 Å². The second kappa shape index (κ2) is 10.3. The van der Waals surface area contributed by atoms with Crippen LogP contribution in [0.1, 0.15) is 59.2 Å². The molecule has 2 N–H and O–H groups in total. The lowest BCUT2D eigenvalue weighted by Crippen LogP contribution is -2.47. The van der Waals surface area contributed by atoms with E-state index in [1.165, 1.54) is 17.7 Å². The van der Waals surface area contributed by atoms with Gasteiger partial charge in [0.25, 0.3) is 5.91 Å². The average Bonchev–Trinajstić information content (AvgIpc) is 3.65. The SMILES string of the molecule is CC(N)c1ccc(C(=O)N2CC(Cc3ccc(F)cc3)C[C@H]2C(=O)N2CCC(c3ccccc3)C2)o1. The first-order chi connectivity index (χ1) is 17.4. The molecule has 188 valence electrons. The number of amides is 2. The summed E-state index contributed by atoms with van der Waals surface area (Å²) < 4.78 is 19.1. The molecule has 1 aromatic heterocycles. The standard InChI is InChI=1S/C29H32FN3O3/c1-19(31)26-11-12-27(36-26)29(35)33-17-21(15-20-7-9-24(30)10-8-20)16-25(33)28(34)32-14-13-23(18-32)22-5-3-2-4-6-22/h2-12,19,21,23,25H,13-18,31H2,1H3/t19?,21?,23?,25-/m0/s1. The van der Waals surface area contributed by atoms with Gasteiger partial charge in [0.2, 0.25) is 5.91 Å². The third-order valence-electron chi connectivity index (χ3n) is 7.43. The van der Waals surface area contributed by atoms with Crippen molar-refractivity contribution in [3.63, 3.8) is 0 Å². The highest BCUT2D eigenvalue weighted by Gasteiger charge is 2.43. The highest BCUT2D eigenvalue weighted by Crippen LogP contribution is 2.33. The van der Waals surface area contributed by atoms with Crippen molar-refractivity contribution in [1.29, 1.82) is 0 Å². The van der Waals surface area contributed by atoms with E-state index in [0.717, 1.165) is 12.0 Å². The minimum absolute atomic E-state index is 0.0117. The van der Waals surface area contributed by atoms with Crippen molar-refractivity contribution in [2.45, 2.75) is 44.2 Å². The third kappa shape index (κ3) is 5.07. The molecule has 2 aliphatic heterocycles. The summed E-state index contributed by atoms with van der Waals surface area (Å²) in [4.78, 5) is 30.8. The first-order valence-electron chi connectivity index (χ1n) is 12.6. The van der Waals surface area contributed by atoms with Crippen LogP contribution in [0.2, 0.25) is 0 Å². The number of nitrogens with zero attached hydrogens (tertiary/aromatic N) is 2. The van der Waals surface area contributed by atoms with Crippen LogP contribution in [0.4, 0.5) is 4.39 Å². The number of carbonyl (C=O) groups is 2. The summed E-state index contributed by atoms with van der Waals surface area (Å²) >= 11 is 0. The van der Waals surface area contributed by atoms with Crippen LogP contribution in [-0.4, -0.2) is 47.3 Å². The van der Waals surface area contributed by atoms with E-state index >= 15 is 0 Å². The number of halogens is 1. The van der Waals surface area contributed by atoms with E-state index in [9.17, 15) is 14.0 Å². The number of carbonyl (C=O) groups excluding carboxylic acids is 2. The van der Waals surface area contributed by atoms with E-state index in [1.54, 1.807) is 36.1 Å². The molecule has 2 amide bonds. The molecule has 6 nitrogen and oxygen atoms in total. The molecular formula is C29H32FN3O3. The molecule has 5 rings (SSSR count). The lowest BCUT2D eigenvalue weighted by molar-refractivity contribution is -0.134. The molecule has 3 aromatic rings. The second-order valence-electron chi connectivity index (χ2n) is 10.1. The largest absolute Gasteiger partial charge is 0.454 e. The van der Waals surface area contributed by atoms with Gasteiger partial charge in [-0.25, -0.2) is 4.39 Å². The van der Waals surface area contributed by atoms with Gasteiger partial charge in [-0.3, -0.25) is 9.59 Å². The summed E-state index contributed by atoms with van der Waals surface area (Å²) in [5.74, 6) is 0.542. The van der Waals surface area contributed by atoms with E-state index in [2.05, 4.69) is 12.1 Å². The molecular weight excluding hydrogens is 457 g/mol. The van der Waals surface area contributed by atoms with Gasteiger partial charge < -0.3 is 20.0 Å². The van der Waals surface area contributed by atoms with Crippen molar-refractivity contribution in [2.75, 3.05) is 19.6 Å². The van der Waals surface area contributed by atoms with Crippen molar-refractivity contribution < 1.29 is 18.4 Å². The molecule has 36 heavy (non-hydrogen) atoms. The lowest BCUT2D eigenvalue weighted by Gasteiger charge is -2.27. The zero-order valence-electron chi connectivity index (χ0n) is 20.5. The fourth-order valence-electron chi connectivity index (χ4n) is 5.51. The minimum Gasteiger partial charge on any atom is -0.454 e. The first kappa shape index (κ1) is 24.3. The van der Waals surface area contributed by atoms with Crippen LogP contribution in [0.5, 0.6) is 0 Å². The Morgan fingerprint density at radius 1 is 1.06 bits per heavy atom. The Labute approximate surface area is 210 Å². The summed E-state index contributed by atoms with van der Waals surface area (Å²) in [6, 6.07) is 19.2. The van der Waals surface area contributed by atoms with Gasteiger partial charge in [0.15, 0.2) is 5.76 Å². The maximum absolute atomic E-state index is 13.8. The number of likely N-dealkylation sites (tertiary alicyclic amines) is 2. The Bertz CT molecular complexity index is 1210. The summed E-state index contributed by atoms with van der Waals surface area (Å²) in [6.45, 7) is 3.57. The van der Waals surface area contributed by atoms with Crippen molar-refractivity contribution in [3.05, 3.63) is 95.2 Å². The van der Waals surface area contributed by atoms with E-state index in [0.29, 0.717) is 44.2 Å². The molecule has 3 unspecified atom stereocenters. The normalized spacial score (nSPS) is 22.7. The van der Waals surface area contributed by atoms with Gasteiger partial charge in [0, 0.05) is 25.6 Å². The van der Waals surface area contributed by atoms with Crippen LogP contribution in [-0.2, 0) is 11.2 Å². The average molecular weight is 490 g/mol. The van der Waals surface area contributed by atoms with E-state index < -0.39 is 6.04 Å². The molecule has 0 spiro atoms. The predicted octanol–water partition coefficient (Wildman–Crippen LogP) is 4.53. The molecule has 0 radical (unpaired) electrons. The molecule has 2 saturated heterocycles. The van der Waals surface area contributed by atoms with Gasteiger partial charge >= 0.3 is 0 Å². The van der Waals surface area contributed by atoms with Gasteiger partial charge in [0.05, 0.1) is 6.04 Å². The number of rotatable bonds is 6. The second-order valence-corrected chi connectivity index (χ2v) is 10.1. The molecule has 2 aromatic carbocycles. The van der Waals surface area contributed by atoms with Crippen molar-refractivity contribution >= 4 is 11.8 Å². The Kier molecular flexibility index (Phi) is 6.92. The summed E-state index contributed by atoms with van der Waals surface area (Å²) in [6.07, 6.45) is 2.14. The Morgan fingerprint density at radius 2 is 1.81 bits per heavy atom. The molecule has 0 aliphatic carbocycles.